The summed E-state index contributed by atoms with van der Waals surface area (Å²) in [7, 11) is 0. The fraction of sp³-hybridized carbons (Fsp3) is 0.524. The van der Waals surface area contributed by atoms with Crippen molar-refractivity contribution < 1.29 is 22.4 Å². The Morgan fingerprint density at radius 1 is 1.16 bits per heavy atom. The number of nitrogens with zero attached hydrogens (tertiary/aromatic N) is 5. The van der Waals surface area contributed by atoms with Crippen molar-refractivity contribution in [2.24, 2.45) is 0 Å². The van der Waals surface area contributed by atoms with Gasteiger partial charge in [-0.25, -0.2) is 14.5 Å². The van der Waals surface area contributed by atoms with E-state index in [1.54, 1.807) is 38.7 Å². The zero-order valence-electron chi connectivity index (χ0n) is 17.8. The van der Waals surface area contributed by atoms with E-state index in [4.69, 9.17) is 4.42 Å². The van der Waals surface area contributed by atoms with E-state index in [9.17, 15) is 18.0 Å². The van der Waals surface area contributed by atoms with Crippen LogP contribution in [0.15, 0.2) is 16.5 Å². The van der Waals surface area contributed by atoms with Crippen molar-refractivity contribution >= 4 is 11.6 Å². The first-order chi connectivity index (χ1) is 14.5. The molecule has 7 nitrogen and oxygen atoms in total. The third kappa shape index (κ3) is 4.03. The van der Waals surface area contributed by atoms with Crippen LogP contribution in [0.4, 0.5) is 13.2 Å². The molecule has 0 N–H and O–H groups in total. The molecule has 4 rings (SSSR count). The lowest BCUT2D eigenvalue weighted by Gasteiger charge is -2.30. The SMILES string of the molecule is Cc1nc(C)c(C(=O)N2CCC(c3cc4nc(C(C)C)cc(C(F)(F)F)n4n3)CC2)o1. The Morgan fingerprint density at radius 2 is 1.84 bits per heavy atom. The molecule has 3 aromatic rings. The Morgan fingerprint density at radius 3 is 2.39 bits per heavy atom. The van der Waals surface area contributed by atoms with Crippen molar-refractivity contribution in [1.29, 1.82) is 0 Å². The summed E-state index contributed by atoms with van der Waals surface area (Å²) in [5.74, 6) is 0.279. The number of rotatable bonds is 3. The van der Waals surface area contributed by atoms with Gasteiger partial charge < -0.3 is 9.32 Å². The summed E-state index contributed by atoms with van der Waals surface area (Å²) in [6.45, 7) is 7.96. The Balaban J connectivity index is 1.56. The van der Waals surface area contributed by atoms with Gasteiger partial charge in [-0.3, -0.25) is 4.79 Å². The number of aryl methyl sites for hydroxylation is 2. The van der Waals surface area contributed by atoms with Crippen LogP contribution < -0.4 is 0 Å². The van der Waals surface area contributed by atoms with Gasteiger partial charge >= 0.3 is 6.18 Å². The lowest BCUT2D eigenvalue weighted by molar-refractivity contribution is -0.142. The number of aromatic nitrogens is 4. The molecule has 0 saturated carbocycles. The number of hydrogen-bond acceptors (Lipinski definition) is 5. The molecule has 0 atom stereocenters. The summed E-state index contributed by atoms with van der Waals surface area (Å²) in [5.41, 5.74) is 0.870. The molecule has 166 valence electrons. The van der Waals surface area contributed by atoms with Gasteiger partial charge in [0.05, 0.1) is 11.4 Å². The van der Waals surface area contributed by atoms with E-state index in [0.717, 1.165) is 10.6 Å². The molecule has 1 aliphatic rings. The van der Waals surface area contributed by atoms with Crippen LogP contribution in [-0.2, 0) is 6.18 Å². The maximum Gasteiger partial charge on any atom is 0.433 e. The van der Waals surface area contributed by atoms with Gasteiger partial charge in [0.2, 0.25) is 5.76 Å². The zero-order valence-corrected chi connectivity index (χ0v) is 17.8. The second-order valence-corrected chi connectivity index (χ2v) is 8.27. The van der Waals surface area contributed by atoms with Gasteiger partial charge in [0.25, 0.3) is 5.91 Å². The molecular weight excluding hydrogens is 411 g/mol. The number of likely N-dealkylation sites (tertiary alicyclic amines) is 1. The van der Waals surface area contributed by atoms with Crippen LogP contribution in [0, 0.1) is 13.8 Å². The highest BCUT2D eigenvalue weighted by molar-refractivity contribution is 5.92. The molecule has 4 heterocycles. The Hall–Kier alpha value is -2.91. The molecule has 0 spiro atoms. The first-order valence-corrected chi connectivity index (χ1v) is 10.3. The summed E-state index contributed by atoms with van der Waals surface area (Å²) < 4.78 is 47.1. The predicted molar refractivity (Wildman–Crippen MR) is 106 cm³/mol. The molecule has 10 heteroatoms. The maximum absolute atomic E-state index is 13.6. The van der Waals surface area contributed by atoms with Crippen LogP contribution in [-0.4, -0.2) is 43.5 Å². The van der Waals surface area contributed by atoms with E-state index in [1.807, 2.05) is 0 Å². The monoisotopic (exact) mass is 435 g/mol. The van der Waals surface area contributed by atoms with Gasteiger partial charge in [-0.2, -0.15) is 18.3 Å². The van der Waals surface area contributed by atoms with Gasteiger partial charge in [-0.05, 0) is 31.7 Å². The van der Waals surface area contributed by atoms with Crippen molar-refractivity contribution in [2.45, 2.75) is 58.5 Å². The Labute approximate surface area is 177 Å². The Kier molecular flexibility index (Phi) is 5.26. The van der Waals surface area contributed by atoms with Gasteiger partial charge in [0, 0.05) is 37.7 Å². The smallest absolute Gasteiger partial charge is 0.433 e. The lowest BCUT2D eigenvalue weighted by atomic mass is 9.93. The molecule has 1 amide bonds. The summed E-state index contributed by atoms with van der Waals surface area (Å²) in [6.07, 6.45) is -3.34. The average Bonchev–Trinajstić information content (AvgIpc) is 3.28. The highest BCUT2D eigenvalue weighted by atomic mass is 19.4. The van der Waals surface area contributed by atoms with E-state index in [0.29, 0.717) is 48.9 Å². The number of fused-ring (bicyclic) bond motifs is 1. The summed E-state index contributed by atoms with van der Waals surface area (Å²) in [4.78, 5) is 22.9. The molecule has 31 heavy (non-hydrogen) atoms. The van der Waals surface area contributed by atoms with Crippen LogP contribution in [0.25, 0.3) is 5.65 Å². The number of hydrogen-bond donors (Lipinski definition) is 0. The predicted octanol–water partition coefficient (Wildman–Crippen LogP) is 4.50. The molecule has 0 bridgehead atoms. The van der Waals surface area contributed by atoms with E-state index < -0.39 is 11.9 Å². The summed E-state index contributed by atoms with van der Waals surface area (Å²) in [5, 5.41) is 4.25. The number of carbonyl (C=O) groups is 1. The van der Waals surface area contributed by atoms with Gasteiger partial charge in [-0.1, -0.05) is 13.8 Å². The molecule has 1 fully saturated rings. The van der Waals surface area contributed by atoms with Gasteiger partial charge in [0.15, 0.2) is 11.5 Å². The van der Waals surface area contributed by atoms with Crippen LogP contribution in [0.2, 0.25) is 0 Å². The molecule has 3 aromatic heterocycles. The molecule has 1 aliphatic heterocycles. The normalized spacial score (nSPS) is 15.9. The average molecular weight is 435 g/mol. The molecule has 0 aromatic carbocycles. The second-order valence-electron chi connectivity index (χ2n) is 8.27. The number of carbonyl (C=O) groups excluding carboxylic acids is 1. The van der Waals surface area contributed by atoms with Gasteiger partial charge in [-0.15, -0.1) is 0 Å². The van der Waals surface area contributed by atoms with Gasteiger partial charge in [0.1, 0.15) is 5.69 Å². The van der Waals surface area contributed by atoms with E-state index in [1.165, 1.54) is 0 Å². The largest absolute Gasteiger partial charge is 0.436 e. The van der Waals surface area contributed by atoms with Crippen LogP contribution in [0.5, 0.6) is 0 Å². The third-order valence-corrected chi connectivity index (χ3v) is 5.65. The molecule has 1 saturated heterocycles. The van der Waals surface area contributed by atoms with Crippen LogP contribution in [0.1, 0.15) is 77.7 Å². The van der Waals surface area contributed by atoms with Crippen molar-refractivity contribution in [3.63, 3.8) is 0 Å². The first-order valence-electron chi connectivity index (χ1n) is 10.3. The standard InChI is InChI=1S/C21H24F3N5O2/c1-11(2)15-9-17(21(22,23)24)29-18(26-15)10-16(27-29)14-5-7-28(8-6-14)20(30)19-12(3)25-13(4)31-19/h9-11,14H,5-8H2,1-4H3. The fourth-order valence-corrected chi connectivity index (χ4v) is 3.96. The van der Waals surface area contributed by atoms with Crippen LogP contribution >= 0.6 is 0 Å². The first kappa shape index (κ1) is 21.3. The fourth-order valence-electron chi connectivity index (χ4n) is 3.96. The number of oxazole rings is 1. The Bertz CT molecular complexity index is 1120. The molecule has 0 radical (unpaired) electrons. The third-order valence-electron chi connectivity index (χ3n) is 5.65. The summed E-state index contributed by atoms with van der Waals surface area (Å²) in [6, 6.07) is 2.70. The molecule has 0 aliphatic carbocycles. The minimum atomic E-state index is -4.53. The van der Waals surface area contributed by atoms with Crippen molar-refractivity contribution in [3.05, 3.63) is 46.6 Å². The van der Waals surface area contributed by atoms with Crippen LogP contribution in [0.3, 0.4) is 0 Å². The number of piperidine rings is 1. The molecule has 0 unspecified atom stereocenters. The van der Waals surface area contributed by atoms with Crippen molar-refractivity contribution in [3.8, 4) is 0 Å². The highest BCUT2D eigenvalue weighted by Gasteiger charge is 2.36. The minimum Gasteiger partial charge on any atom is -0.436 e. The number of amides is 1. The van der Waals surface area contributed by atoms with E-state index >= 15 is 0 Å². The second kappa shape index (κ2) is 7.65. The zero-order chi connectivity index (χ0) is 22.5. The number of halogens is 3. The highest BCUT2D eigenvalue weighted by Crippen LogP contribution is 2.34. The minimum absolute atomic E-state index is 0.0492. The quantitative estimate of drug-likeness (QED) is 0.606. The topological polar surface area (TPSA) is 76.5 Å². The van der Waals surface area contributed by atoms with E-state index in [-0.39, 0.29) is 29.2 Å². The van der Waals surface area contributed by atoms with Crippen molar-refractivity contribution in [2.75, 3.05) is 13.1 Å². The molecular formula is C21H24F3N5O2. The summed E-state index contributed by atoms with van der Waals surface area (Å²) >= 11 is 0. The number of alkyl halides is 3. The van der Waals surface area contributed by atoms with E-state index in [2.05, 4.69) is 15.1 Å². The van der Waals surface area contributed by atoms with Crippen molar-refractivity contribution in [1.82, 2.24) is 24.5 Å². The lowest BCUT2D eigenvalue weighted by Crippen LogP contribution is -2.38. The maximum atomic E-state index is 13.6.